The number of carbonyl (C=O) groups is 1. The Hall–Kier alpha value is -2.07. The molecular formula is C14H12ClFN2O. The van der Waals surface area contributed by atoms with Crippen LogP contribution in [0.5, 0.6) is 0 Å². The van der Waals surface area contributed by atoms with Gasteiger partial charge in [0, 0.05) is 17.1 Å². The van der Waals surface area contributed by atoms with Gasteiger partial charge in [0.25, 0.3) is 5.91 Å². The lowest BCUT2D eigenvalue weighted by Gasteiger charge is -2.07. The zero-order chi connectivity index (χ0) is 13.8. The second-order valence-electron chi connectivity index (χ2n) is 4.01. The van der Waals surface area contributed by atoms with Crippen molar-refractivity contribution in [2.24, 2.45) is 0 Å². The number of benzene rings is 2. The monoisotopic (exact) mass is 278 g/mol. The number of hydrogen-bond acceptors (Lipinski definition) is 2. The summed E-state index contributed by atoms with van der Waals surface area (Å²) >= 11 is 5.97. The molecule has 98 valence electrons. The molecule has 0 bridgehead atoms. The number of hydrogen-bond donors (Lipinski definition) is 2. The van der Waals surface area contributed by atoms with E-state index in [9.17, 15) is 9.18 Å². The highest BCUT2D eigenvalue weighted by Crippen LogP contribution is 2.15. The normalized spacial score (nSPS) is 10.2. The van der Waals surface area contributed by atoms with Crippen LogP contribution in [0.15, 0.2) is 42.5 Å². The first-order chi connectivity index (χ1) is 9.08. The standard InChI is InChI=1S/C14H12ClFN2O/c15-11-4-2-1-3-10(11)8-18-14(19)9-5-6-13(17)12(16)7-9/h1-7H,8,17H2,(H,18,19). The maximum absolute atomic E-state index is 13.2. The molecule has 0 spiro atoms. The van der Waals surface area contributed by atoms with Gasteiger partial charge in [0.2, 0.25) is 0 Å². The van der Waals surface area contributed by atoms with Crippen LogP contribution in [-0.2, 0) is 6.54 Å². The maximum atomic E-state index is 13.2. The number of anilines is 1. The van der Waals surface area contributed by atoms with Gasteiger partial charge in [-0.2, -0.15) is 0 Å². The summed E-state index contributed by atoms with van der Waals surface area (Å²) < 4.78 is 13.2. The molecule has 0 saturated carbocycles. The minimum atomic E-state index is -0.606. The molecule has 0 aliphatic heterocycles. The van der Waals surface area contributed by atoms with Crippen LogP contribution in [0.1, 0.15) is 15.9 Å². The summed E-state index contributed by atoms with van der Waals surface area (Å²) in [5.74, 6) is -0.982. The van der Waals surface area contributed by atoms with Crippen LogP contribution in [0, 0.1) is 5.82 Å². The number of nitrogen functional groups attached to an aromatic ring is 1. The molecule has 0 aromatic heterocycles. The molecule has 2 aromatic rings. The summed E-state index contributed by atoms with van der Waals surface area (Å²) in [6.45, 7) is 0.282. The van der Waals surface area contributed by atoms with Crippen molar-refractivity contribution >= 4 is 23.2 Å². The SMILES string of the molecule is Nc1ccc(C(=O)NCc2ccccc2Cl)cc1F. The predicted molar refractivity (Wildman–Crippen MR) is 73.4 cm³/mol. The summed E-state index contributed by atoms with van der Waals surface area (Å²) in [5.41, 5.74) is 6.39. The Balaban J connectivity index is 2.05. The third-order valence-corrected chi connectivity index (χ3v) is 3.03. The van der Waals surface area contributed by atoms with E-state index in [1.54, 1.807) is 6.07 Å². The number of halogens is 2. The molecule has 0 unspecified atom stereocenters. The molecule has 0 heterocycles. The molecule has 0 saturated heterocycles. The van der Waals surface area contributed by atoms with Crippen molar-refractivity contribution in [2.45, 2.75) is 6.54 Å². The van der Waals surface area contributed by atoms with Crippen molar-refractivity contribution in [3.8, 4) is 0 Å². The molecule has 0 aliphatic carbocycles. The number of rotatable bonds is 3. The van der Waals surface area contributed by atoms with E-state index in [2.05, 4.69) is 5.32 Å². The van der Waals surface area contributed by atoms with Crippen molar-refractivity contribution in [3.63, 3.8) is 0 Å². The van der Waals surface area contributed by atoms with Crippen LogP contribution in [0.25, 0.3) is 0 Å². The minimum Gasteiger partial charge on any atom is -0.396 e. The van der Waals surface area contributed by atoms with Gasteiger partial charge >= 0.3 is 0 Å². The van der Waals surface area contributed by atoms with E-state index >= 15 is 0 Å². The van der Waals surface area contributed by atoms with E-state index in [0.717, 1.165) is 11.6 Å². The quantitative estimate of drug-likeness (QED) is 0.848. The van der Waals surface area contributed by atoms with Crippen LogP contribution < -0.4 is 11.1 Å². The second kappa shape index (κ2) is 5.71. The van der Waals surface area contributed by atoms with Gasteiger partial charge in [-0.05, 0) is 29.8 Å². The second-order valence-corrected chi connectivity index (χ2v) is 4.42. The highest BCUT2D eigenvalue weighted by Gasteiger charge is 2.08. The fourth-order valence-corrected chi connectivity index (χ4v) is 1.79. The zero-order valence-corrected chi connectivity index (χ0v) is 10.7. The fraction of sp³-hybridized carbons (Fsp3) is 0.0714. The summed E-state index contributed by atoms with van der Waals surface area (Å²) in [6.07, 6.45) is 0. The predicted octanol–water partition coefficient (Wildman–Crippen LogP) is 2.99. The number of carbonyl (C=O) groups excluding carboxylic acids is 1. The van der Waals surface area contributed by atoms with Gasteiger partial charge in [0.15, 0.2) is 0 Å². The van der Waals surface area contributed by atoms with Crippen molar-refractivity contribution < 1.29 is 9.18 Å². The van der Waals surface area contributed by atoms with Gasteiger partial charge in [-0.15, -0.1) is 0 Å². The highest BCUT2D eigenvalue weighted by atomic mass is 35.5. The first-order valence-corrected chi connectivity index (χ1v) is 6.02. The summed E-state index contributed by atoms with van der Waals surface area (Å²) in [4.78, 5) is 11.8. The summed E-state index contributed by atoms with van der Waals surface area (Å²) in [5, 5.41) is 3.25. The maximum Gasteiger partial charge on any atom is 0.251 e. The number of amides is 1. The molecule has 0 fully saturated rings. The molecule has 5 heteroatoms. The molecule has 2 rings (SSSR count). The Morgan fingerprint density at radius 1 is 1.26 bits per heavy atom. The first-order valence-electron chi connectivity index (χ1n) is 5.64. The lowest BCUT2D eigenvalue weighted by Crippen LogP contribution is -2.23. The van der Waals surface area contributed by atoms with E-state index in [1.165, 1.54) is 12.1 Å². The van der Waals surface area contributed by atoms with E-state index in [0.29, 0.717) is 5.02 Å². The average Bonchev–Trinajstić information content (AvgIpc) is 2.40. The third-order valence-electron chi connectivity index (χ3n) is 2.66. The van der Waals surface area contributed by atoms with E-state index in [1.807, 2.05) is 18.2 Å². The smallest absolute Gasteiger partial charge is 0.251 e. The molecule has 0 radical (unpaired) electrons. The molecule has 1 amide bonds. The van der Waals surface area contributed by atoms with Crippen molar-refractivity contribution in [3.05, 3.63) is 64.4 Å². The van der Waals surface area contributed by atoms with Crippen molar-refractivity contribution in [1.29, 1.82) is 0 Å². The van der Waals surface area contributed by atoms with E-state index < -0.39 is 5.82 Å². The Morgan fingerprint density at radius 3 is 2.68 bits per heavy atom. The van der Waals surface area contributed by atoms with Gasteiger partial charge in [-0.3, -0.25) is 4.79 Å². The van der Waals surface area contributed by atoms with Crippen LogP contribution in [0.4, 0.5) is 10.1 Å². The summed E-state index contributed by atoms with van der Waals surface area (Å²) in [7, 11) is 0. The Bertz CT molecular complexity index is 616. The minimum absolute atomic E-state index is 0.0163. The Kier molecular flexibility index (Phi) is 4.02. The molecular weight excluding hydrogens is 267 g/mol. The van der Waals surface area contributed by atoms with Gasteiger partial charge in [0.05, 0.1) is 5.69 Å². The Labute approximate surface area is 115 Å². The lowest BCUT2D eigenvalue weighted by atomic mass is 10.1. The van der Waals surface area contributed by atoms with E-state index in [4.69, 9.17) is 17.3 Å². The molecule has 0 aliphatic rings. The largest absolute Gasteiger partial charge is 0.396 e. The topological polar surface area (TPSA) is 55.1 Å². The van der Waals surface area contributed by atoms with Crippen LogP contribution >= 0.6 is 11.6 Å². The zero-order valence-electron chi connectivity index (χ0n) is 9.99. The fourth-order valence-electron chi connectivity index (χ4n) is 1.59. The molecule has 19 heavy (non-hydrogen) atoms. The molecule has 2 aromatic carbocycles. The van der Waals surface area contributed by atoms with Gasteiger partial charge in [-0.25, -0.2) is 4.39 Å². The van der Waals surface area contributed by atoms with Gasteiger partial charge in [0.1, 0.15) is 5.82 Å². The van der Waals surface area contributed by atoms with Crippen LogP contribution in [-0.4, -0.2) is 5.91 Å². The lowest BCUT2D eigenvalue weighted by molar-refractivity contribution is 0.0950. The van der Waals surface area contributed by atoms with E-state index in [-0.39, 0.29) is 23.7 Å². The molecule has 0 atom stereocenters. The van der Waals surface area contributed by atoms with Gasteiger partial charge < -0.3 is 11.1 Å². The summed E-state index contributed by atoms with van der Waals surface area (Å²) in [6, 6.07) is 11.1. The molecule has 3 nitrogen and oxygen atoms in total. The van der Waals surface area contributed by atoms with Gasteiger partial charge in [-0.1, -0.05) is 29.8 Å². The average molecular weight is 279 g/mol. The highest BCUT2D eigenvalue weighted by molar-refractivity contribution is 6.31. The first kappa shape index (κ1) is 13.4. The van der Waals surface area contributed by atoms with Crippen LogP contribution in [0.2, 0.25) is 5.02 Å². The number of nitrogens with one attached hydrogen (secondary N) is 1. The molecule has 3 N–H and O–H groups in total. The van der Waals surface area contributed by atoms with Crippen LogP contribution in [0.3, 0.4) is 0 Å². The van der Waals surface area contributed by atoms with Crippen molar-refractivity contribution in [2.75, 3.05) is 5.73 Å². The number of nitrogens with two attached hydrogens (primary N) is 1. The van der Waals surface area contributed by atoms with Crippen molar-refractivity contribution in [1.82, 2.24) is 5.32 Å². The Morgan fingerprint density at radius 2 is 2.00 bits per heavy atom. The third kappa shape index (κ3) is 3.23.